The van der Waals surface area contributed by atoms with E-state index in [1.807, 2.05) is 19.9 Å². The van der Waals surface area contributed by atoms with E-state index in [4.69, 9.17) is 28.2 Å². The molecule has 160 valence electrons. The van der Waals surface area contributed by atoms with Crippen LogP contribution in [0.25, 0.3) is 6.08 Å². The molecular weight excluding hydrogens is 402 g/mol. The minimum Gasteiger partial charge on any atom is -0.493 e. The minimum atomic E-state index is -0.517. The van der Waals surface area contributed by atoms with Crippen LogP contribution in [0.2, 0.25) is 0 Å². The smallest absolute Gasteiger partial charge is 0.336 e. The van der Waals surface area contributed by atoms with Crippen molar-refractivity contribution in [1.29, 1.82) is 0 Å². The van der Waals surface area contributed by atoms with E-state index in [0.717, 1.165) is 22.6 Å². The molecule has 8 nitrogen and oxygen atoms in total. The lowest BCUT2D eigenvalue weighted by molar-refractivity contribution is -0.128. The molecule has 4 rings (SSSR count). The lowest BCUT2D eigenvalue weighted by Crippen LogP contribution is -2.03. The second kappa shape index (κ2) is 8.83. The molecule has 3 aromatic rings. The Hall–Kier alpha value is -3.94. The number of esters is 1. The van der Waals surface area contributed by atoms with Crippen LogP contribution in [0.1, 0.15) is 22.6 Å². The second-order valence-electron chi connectivity index (χ2n) is 6.77. The fourth-order valence-corrected chi connectivity index (χ4v) is 3.02. The highest BCUT2D eigenvalue weighted by molar-refractivity contribution is 5.89. The van der Waals surface area contributed by atoms with Gasteiger partial charge < -0.3 is 28.2 Å². The van der Waals surface area contributed by atoms with Crippen LogP contribution in [0.3, 0.4) is 0 Å². The molecule has 0 N–H and O–H groups in total. The number of ether oxygens (including phenoxy) is 5. The van der Waals surface area contributed by atoms with Gasteiger partial charge >= 0.3 is 5.97 Å². The average Bonchev–Trinajstić information content (AvgIpc) is 3.36. The maximum atomic E-state index is 12.2. The van der Waals surface area contributed by atoms with Crippen LogP contribution in [-0.2, 0) is 11.4 Å². The summed E-state index contributed by atoms with van der Waals surface area (Å²) < 4.78 is 32.3. The van der Waals surface area contributed by atoms with E-state index in [1.54, 1.807) is 43.5 Å². The number of aromatic nitrogens is 1. The predicted molar refractivity (Wildman–Crippen MR) is 111 cm³/mol. The normalized spacial score (nSPS) is 12.2. The molecule has 1 aliphatic heterocycles. The SMILES string of the molecule is COc1cc(C=CC(=O)Oc2ccc3c(c2)OCO3)ccc1OCc1c(C)noc1C. The van der Waals surface area contributed by atoms with Gasteiger partial charge in [-0.25, -0.2) is 4.79 Å². The van der Waals surface area contributed by atoms with Crippen LogP contribution in [0.5, 0.6) is 28.7 Å². The van der Waals surface area contributed by atoms with Gasteiger partial charge in [-0.15, -0.1) is 0 Å². The number of hydrogen-bond acceptors (Lipinski definition) is 8. The number of hydrogen-bond donors (Lipinski definition) is 0. The van der Waals surface area contributed by atoms with Crippen molar-refractivity contribution in [2.24, 2.45) is 0 Å². The molecule has 1 aliphatic rings. The fourth-order valence-electron chi connectivity index (χ4n) is 3.02. The summed E-state index contributed by atoms with van der Waals surface area (Å²) >= 11 is 0. The maximum absolute atomic E-state index is 12.2. The van der Waals surface area contributed by atoms with Crippen LogP contribution in [-0.4, -0.2) is 25.0 Å². The van der Waals surface area contributed by atoms with E-state index in [-0.39, 0.29) is 6.79 Å². The third-order valence-corrected chi connectivity index (χ3v) is 4.72. The molecule has 0 unspecified atom stereocenters. The first-order chi connectivity index (χ1) is 15.0. The zero-order valence-electron chi connectivity index (χ0n) is 17.3. The van der Waals surface area contributed by atoms with E-state index in [9.17, 15) is 4.79 Å². The maximum Gasteiger partial charge on any atom is 0.336 e. The molecular formula is C23H21NO7. The molecule has 0 amide bonds. The van der Waals surface area contributed by atoms with Gasteiger partial charge in [0, 0.05) is 12.1 Å². The summed E-state index contributed by atoms with van der Waals surface area (Å²) in [6.45, 7) is 4.18. The summed E-state index contributed by atoms with van der Waals surface area (Å²) in [4.78, 5) is 12.2. The number of methoxy groups -OCH3 is 1. The van der Waals surface area contributed by atoms with E-state index < -0.39 is 5.97 Å². The summed E-state index contributed by atoms with van der Waals surface area (Å²) in [5, 5.41) is 3.92. The molecule has 0 saturated carbocycles. The zero-order valence-corrected chi connectivity index (χ0v) is 17.3. The molecule has 0 spiro atoms. The van der Waals surface area contributed by atoms with Crippen molar-refractivity contribution in [3.63, 3.8) is 0 Å². The summed E-state index contributed by atoms with van der Waals surface area (Å²) in [7, 11) is 1.56. The highest BCUT2D eigenvalue weighted by atomic mass is 16.7. The largest absolute Gasteiger partial charge is 0.493 e. The highest BCUT2D eigenvalue weighted by Crippen LogP contribution is 2.35. The summed E-state index contributed by atoms with van der Waals surface area (Å²) in [5.74, 6) is 2.86. The number of aryl methyl sites for hydroxylation is 2. The zero-order chi connectivity index (χ0) is 21.8. The molecule has 1 aromatic heterocycles. The van der Waals surface area contributed by atoms with E-state index >= 15 is 0 Å². The van der Waals surface area contributed by atoms with Gasteiger partial charge in [0.1, 0.15) is 18.1 Å². The Morgan fingerprint density at radius 3 is 2.71 bits per heavy atom. The number of carbonyl (C=O) groups is 1. The summed E-state index contributed by atoms with van der Waals surface area (Å²) in [6, 6.07) is 10.3. The Balaban J connectivity index is 1.40. The van der Waals surface area contributed by atoms with Crippen molar-refractivity contribution in [2.45, 2.75) is 20.5 Å². The van der Waals surface area contributed by atoms with Crippen LogP contribution in [0.15, 0.2) is 47.0 Å². The van der Waals surface area contributed by atoms with E-state index in [1.165, 1.54) is 6.08 Å². The van der Waals surface area contributed by atoms with Gasteiger partial charge in [0.15, 0.2) is 23.0 Å². The molecule has 0 bridgehead atoms. The van der Waals surface area contributed by atoms with Crippen molar-refractivity contribution in [2.75, 3.05) is 13.9 Å². The number of carbonyl (C=O) groups excluding carboxylic acids is 1. The fraction of sp³-hybridized carbons (Fsp3) is 0.217. The summed E-state index contributed by atoms with van der Waals surface area (Å²) in [6.07, 6.45) is 2.97. The lowest BCUT2D eigenvalue weighted by atomic mass is 10.2. The first kappa shape index (κ1) is 20.3. The van der Waals surface area contributed by atoms with Gasteiger partial charge in [0.2, 0.25) is 6.79 Å². The molecule has 8 heteroatoms. The second-order valence-corrected chi connectivity index (χ2v) is 6.77. The van der Waals surface area contributed by atoms with Gasteiger partial charge in [0.25, 0.3) is 0 Å². The van der Waals surface area contributed by atoms with Crippen LogP contribution in [0.4, 0.5) is 0 Å². The molecule has 0 saturated heterocycles. The standard InChI is InChI=1S/C23H21NO7/c1-14-18(15(2)31-24-14)12-27-19-7-4-16(10-21(19)26-3)5-9-23(25)30-17-6-8-20-22(11-17)29-13-28-20/h4-11H,12-13H2,1-3H3. The Morgan fingerprint density at radius 2 is 1.94 bits per heavy atom. The molecule has 31 heavy (non-hydrogen) atoms. The first-order valence-electron chi connectivity index (χ1n) is 9.55. The topological polar surface area (TPSA) is 89.3 Å². The molecule has 2 aromatic carbocycles. The van der Waals surface area contributed by atoms with Crippen molar-refractivity contribution in [1.82, 2.24) is 5.16 Å². The predicted octanol–water partition coefficient (Wildman–Crippen LogP) is 4.23. The third kappa shape index (κ3) is 4.63. The highest BCUT2D eigenvalue weighted by Gasteiger charge is 2.15. The van der Waals surface area contributed by atoms with Crippen molar-refractivity contribution < 1.29 is 33.0 Å². The molecule has 0 radical (unpaired) electrons. The Labute approximate surface area is 178 Å². The Kier molecular flexibility index (Phi) is 5.79. The van der Waals surface area contributed by atoms with Gasteiger partial charge in [-0.3, -0.25) is 0 Å². The van der Waals surface area contributed by atoms with Gasteiger partial charge in [-0.1, -0.05) is 11.2 Å². The van der Waals surface area contributed by atoms with Crippen molar-refractivity contribution in [3.05, 3.63) is 65.1 Å². The van der Waals surface area contributed by atoms with Gasteiger partial charge in [-0.05, 0) is 49.8 Å². The van der Waals surface area contributed by atoms with Gasteiger partial charge in [0.05, 0.1) is 18.4 Å². The monoisotopic (exact) mass is 423 g/mol. The average molecular weight is 423 g/mol. The Bertz CT molecular complexity index is 1110. The molecule has 0 aliphatic carbocycles. The quantitative estimate of drug-likeness (QED) is 0.317. The number of rotatable bonds is 7. The van der Waals surface area contributed by atoms with Gasteiger partial charge in [-0.2, -0.15) is 0 Å². The van der Waals surface area contributed by atoms with Crippen LogP contribution in [0, 0.1) is 13.8 Å². The first-order valence-corrected chi connectivity index (χ1v) is 9.55. The summed E-state index contributed by atoms with van der Waals surface area (Å²) in [5.41, 5.74) is 2.44. The van der Waals surface area contributed by atoms with Crippen molar-refractivity contribution >= 4 is 12.0 Å². The Morgan fingerprint density at radius 1 is 1.10 bits per heavy atom. The van der Waals surface area contributed by atoms with E-state index in [2.05, 4.69) is 5.16 Å². The molecule has 0 fully saturated rings. The molecule has 0 atom stereocenters. The van der Waals surface area contributed by atoms with Crippen molar-refractivity contribution in [3.8, 4) is 28.7 Å². The van der Waals surface area contributed by atoms with Crippen LogP contribution >= 0.6 is 0 Å². The van der Waals surface area contributed by atoms with Crippen LogP contribution < -0.4 is 23.7 Å². The third-order valence-electron chi connectivity index (χ3n) is 4.72. The molecule has 2 heterocycles. The lowest BCUT2D eigenvalue weighted by Gasteiger charge is -2.11. The number of fused-ring (bicyclic) bond motifs is 1. The minimum absolute atomic E-state index is 0.159. The number of nitrogens with zero attached hydrogens (tertiary/aromatic N) is 1. The van der Waals surface area contributed by atoms with E-state index in [0.29, 0.717) is 35.4 Å². The number of benzene rings is 2.